The van der Waals surface area contributed by atoms with Crippen LogP contribution in [-0.4, -0.2) is 69.5 Å². The molecule has 2 fully saturated rings. The van der Waals surface area contributed by atoms with Gasteiger partial charge in [0.15, 0.2) is 0 Å². The summed E-state index contributed by atoms with van der Waals surface area (Å²) in [5, 5.41) is 19.9. The first-order chi connectivity index (χ1) is 10.1. The number of aliphatic hydroxyl groups excluding tert-OH is 2. The Morgan fingerprint density at radius 3 is 1.82 bits per heavy atom. The van der Waals surface area contributed by atoms with Crippen molar-refractivity contribution in [2.24, 2.45) is 5.92 Å². The Bertz CT molecular complexity index is 347. The highest BCUT2D eigenvalue weighted by atomic mass is 16.3. The van der Waals surface area contributed by atoms with Crippen LogP contribution in [0, 0.1) is 5.92 Å². The molecule has 130 valence electrons. The summed E-state index contributed by atoms with van der Waals surface area (Å²) >= 11 is 0. The molecule has 0 unspecified atom stereocenters. The average molecular weight is 312 g/mol. The molecule has 22 heavy (non-hydrogen) atoms. The number of rotatable bonds is 3. The molecule has 0 aromatic heterocycles. The van der Waals surface area contributed by atoms with Crippen LogP contribution in [0.4, 0.5) is 0 Å². The molecule has 0 aliphatic carbocycles. The first-order valence-electron chi connectivity index (χ1n) is 8.94. The monoisotopic (exact) mass is 312 g/mol. The molecule has 4 heteroatoms. The van der Waals surface area contributed by atoms with Crippen LogP contribution in [0.2, 0.25) is 0 Å². The molecule has 0 aromatic carbocycles. The van der Waals surface area contributed by atoms with Crippen LogP contribution in [0.3, 0.4) is 0 Å². The van der Waals surface area contributed by atoms with E-state index in [-0.39, 0.29) is 23.3 Å². The van der Waals surface area contributed by atoms with Gasteiger partial charge in [-0.3, -0.25) is 9.80 Å². The predicted molar refractivity (Wildman–Crippen MR) is 90.9 cm³/mol. The van der Waals surface area contributed by atoms with Crippen LogP contribution < -0.4 is 0 Å². The van der Waals surface area contributed by atoms with Crippen molar-refractivity contribution >= 4 is 0 Å². The van der Waals surface area contributed by atoms with Crippen LogP contribution in [0.15, 0.2) is 0 Å². The van der Waals surface area contributed by atoms with Gasteiger partial charge in [-0.1, -0.05) is 0 Å². The van der Waals surface area contributed by atoms with Gasteiger partial charge in [0, 0.05) is 30.6 Å². The van der Waals surface area contributed by atoms with Gasteiger partial charge in [-0.05, 0) is 72.9 Å². The van der Waals surface area contributed by atoms with Crippen LogP contribution in [0.25, 0.3) is 0 Å². The summed E-state index contributed by atoms with van der Waals surface area (Å²) < 4.78 is 0. The van der Waals surface area contributed by atoms with Crippen LogP contribution in [0.5, 0.6) is 0 Å². The van der Waals surface area contributed by atoms with E-state index in [0.29, 0.717) is 19.5 Å². The minimum Gasteiger partial charge on any atom is -0.392 e. The summed E-state index contributed by atoms with van der Waals surface area (Å²) in [6.45, 7) is 15.2. The second-order valence-corrected chi connectivity index (χ2v) is 9.07. The summed E-state index contributed by atoms with van der Waals surface area (Å²) in [6.07, 6.45) is 3.44. The van der Waals surface area contributed by atoms with E-state index in [1.165, 1.54) is 25.9 Å². The number of likely N-dealkylation sites (tertiary alicyclic amines) is 2. The molecule has 0 spiro atoms. The van der Waals surface area contributed by atoms with Gasteiger partial charge < -0.3 is 10.2 Å². The standard InChI is InChI=1S/C18H36N2O2/c1-17(2,3)19-8-6-14(7-9-19)11-18(4,5)20-12-15(21)10-16(22)13-20/h14-16,21-22H,6-13H2,1-5H3/t15-,16-/m1/s1. The largest absolute Gasteiger partial charge is 0.392 e. The zero-order valence-electron chi connectivity index (χ0n) is 15.2. The fourth-order valence-corrected chi connectivity index (χ4v) is 4.18. The molecule has 2 aliphatic rings. The van der Waals surface area contributed by atoms with Crippen LogP contribution in [-0.2, 0) is 0 Å². The quantitative estimate of drug-likeness (QED) is 0.838. The topological polar surface area (TPSA) is 46.9 Å². The predicted octanol–water partition coefficient (Wildman–Crippen LogP) is 2.09. The zero-order chi connectivity index (χ0) is 16.5. The number of hydrogen-bond donors (Lipinski definition) is 2. The first kappa shape index (κ1) is 18.2. The van der Waals surface area contributed by atoms with Crippen molar-refractivity contribution in [3.05, 3.63) is 0 Å². The fraction of sp³-hybridized carbons (Fsp3) is 1.00. The van der Waals surface area contributed by atoms with E-state index in [2.05, 4.69) is 44.4 Å². The lowest BCUT2D eigenvalue weighted by molar-refractivity contribution is -0.0545. The molecule has 2 heterocycles. The molecule has 2 rings (SSSR count). The van der Waals surface area contributed by atoms with Gasteiger partial charge in [0.2, 0.25) is 0 Å². The van der Waals surface area contributed by atoms with Gasteiger partial charge in [-0.15, -0.1) is 0 Å². The maximum Gasteiger partial charge on any atom is 0.0692 e. The van der Waals surface area contributed by atoms with Gasteiger partial charge in [0.25, 0.3) is 0 Å². The van der Waals surface area contributed by atoms with E-state index in [9.17, 15) is 10.2 Å². The molecule has 2 saturated heterocycles. The van der Waals surface area contributed by atoms with Gasteiger partial charge >= 0.3 is 0 Å². The van der Waals surface area contributed by atoms with Crippen molar-refractivity contribution in [3.8, 4) is 0 Å². The lowest BCUT2D eigenvalue weighted by atomic mass is 9.81. The van der Waals surface area contributed by atoms with E-state index in [0.717, 1.165) is 12.3 Å². The Balaban J connectivity index is 1.87. The Hall–Kier alpha value is -0.160. The summed E-state index contributed by atoms with van der Waals surface area (Å²) in [6, 6.07) is 0. The third-order valence-electron chi connectivity index (χ3n) is 5.61. The van der Waals surface area contributed by atoms with Crippen LogP contribution >= 0.6 is 0 Å². The van der Waals surface area contributed by atoms with E-state index < -0.39 is 0 Å². The minimum atomic E-state index is -0.384. The van der Waals surface area contributed by atoms with E-state index in [1.54, 1.807) is 0 Å². The lowest BCUT2D eigenvalue weighted by Gasteiger charge is -2.47. The van der Waals surface area contributed by atoms with Crippen LogP contribution in [0.1, 0.15) is 60.3 Å². The molecule has 0 aromatic rings. The molecule has 0 bridgehead atoms. The Kier molecular flexibility index (Phi) is 5.59. The molecule has 0 radical (unpaired) electrons. The van der Waals surface area contributed by atoms with Gasteiger partial charge in [0.1, 0.15) is 0 Å². The van der Waals surface area contributed by atoms with Crippen molar-refractivity contribution in [1.82, 2.24) is 9.80 Å². The highest BCUT2D eigenvalue weighted by Gasteiger charge is 2.37. The SMILES string of the molecule is CC(C)(C)N1CCC(CC(C)(C)N2C[C@H](O)C[C@@H](O)C2)CC1. The summed E-state index contributed by atoms with van der Waals surface area (Å²) in [7, 11) is 0. The average Bonchev–Trinajstić information content (AvgIpc) is 2.36. The third kappa shape index (κ3) is 4.67. The maximum absolute atomic E-state index is 9.94. The second kappa shape index (κ2) is 6.76. The Labute approximate surface area is 136 Å². The highest BCUT2D eigenvalue weighted by molar-refractivity contribution is 4.92. The van der Waals surface area contributed by atoms with Gasteiger partial charge in [-0.25, -0.2) is 0 Å². The van der Waals surface area contributed by atoms with Crippen molar-refractivity contribution in [1.29, 1.82) is 0 Å². The molecule has 0 amide bonds. The molecule has 2 atom stereocenters. The van der Waals surface area contributed by atoms with Gasteiger partial charge in [-0.2, -0.15) is 0 Å². The number of nitrogens with zero attached hydrogens (tertiary/aromatic N) is 2. The molecule has 4 nitrogen and oxygen atoms in total. The zero-order valence-corrected chi connectivity index (χ0v) is 15.2. The maximum atomic E-state index is 9.94. The molecule has 2 aliphatic heterocycles. The second-order valence-electron chi connectivity index (χ2n) is 9.07. The number of β-amino-alcohol motifs (C(OH)–C–C–N with tert-alkyl or cyclic N) is 2. The van der Waals surface area contributed by atoms with Crippen molar-refractivity contribution in [2.75, 3.05) is 26.2 Å². The fourth-order valence-electron chi connectivity index (χ4n) is 4.18. The van der Waals surface area contributed by atoms with Crippen molar-refractivity contribution < 1.29 is 10.2 Å². The molecule has 2 N–H and O–H groups in total. The number of aliphatic hydroxyl groups is 2. The van der Waals surface area contributed by atoms with E-state index in [1.807, 2.05) is 0 Å². The smallest absolute Gasteiger partial charge is 0.0692 e. The molecular weight excluding hydrogens is 276 g/mol. The lowest BCUT2D eigenvalue weighted by Crippen LogP contribution is -2.56. The van der Waals surface area contributed by atoms with Crippen molar-refractivity contribution in [2.45, 2.75) is 83.6 Å². The summed E-state index contributed by atoms with van der Waals surface area (Å²) in [5.41, 5.74) is 0.332. The third-order valence-corrected chi connectivity index (χ3v) is 5.61. The normalized spacial score (nSPS) is 30.7. The van der Waals surface area contributed by atoms with Crippen molar-refractivity contribution in [3.63, 3.8) is 0 Å². The first-order valence-corrected chi connectivity index (χ1v) is 8.94. The number of piperidine rings is 2. The van der Waals surface area contributed by atoms with E-state index in [4.69, 9.17) is 0 Å². The molecule has 0 saturated carbocycles. The molecular formula is C18H36N2O2. The Morgan fingerprint density at radius 1 is 0.864 bits per heavy atom. The summed E-state index contributed by atoms with van der Waals surface area (Å²) in [4.78, 5) is 4.88. The highest BCUT2D eigenvalue weighted by Crippen LogP contribution is 2.33. The Morgan fingerprint density at radius 2 is 1.36 bits per heavy atom. The van der Waals surface area contributed by atoms with Gasteiger partial charge in [0.05, 0.1) is 12.2 Å². The number of hydrogen-bond acceptors (Lipinski definition) is 4. The minimum absolute atomic E-state index is 0.0525. The summed E-state index contributed by atoms with van der Waals surface area (Å²) in [5.74, 6) is 0.754. The van der Waals surface area contributed by atoms with E-state index >= 15 is 0 Å².